The third kappa shape index (κ3) is 3.74. The second kappa shape index (κ2) is 6.46. The van der Waals surface area contributed by atoms with Gasteiger partial charge in [0.2, 0.25) is 0 Å². The summed E-state index contributed by atoms with van der Waals surface area (Å²) >= 11 is 0. The Hall–Kier alpha value is -0.120. The van der Waals surface area contributed by atoms with Crippen LogP contribution in [0.25, 0.3) is 0 Å². The molecule has 2 unspecified atom stereocenters. The van der Waals surface area contributed by atoms with Gasteiger partial charge in [-0.15, -0.1) is 0 Å². The summed E-state index contributed by atoms with van der Waals surface area (Å²) in [7, 11) is 0. The Morgan fingerprint density at radius 3 is 2.87 bits per heavy atom. The van der Waals surface area contributed by atoms with Crippen molar-refractivity contribution in [3.63, 3.8) is 0 Å². The lowest BCUT2D eigenvalue weighted by molar-refractivity contribution is 0.0453. The van der Waals surface area contributed by atoms with Gasteiger partial charge in [-0.05, 0) is 32.2 Å². The van der Waals surface area contributed by atoms with Crippen molar-refractivity contribution in [1.82, 2.24) is 5.32 Å². The minimum Gasteiger partial charge on any atom is -0.394 e. The molecule has 0 aliphatic heterocycles. The van der Waals surface area contributed by atoms with Crippen molar-refractivity contribution in [2.24, 2.45) is 0 Å². The molecule has 1 saturated carbocycles. The molecule has 0 spiro atoms. The molecular weight excluding hydrogens is 190 g/mol. The van der Waals surface area contributed by atoms with Crippen LogP contribution in [0.3, 0.4) is 0 Å². The number of rotatable bonds is 7. The molecule has 1 rings (SSSR count). The van der Waals surface area contributed by atoms with Gasteiger partial charge >= 0.3 is 0 Å². The number of likely N-dealkylation sites (N-methyl/N-ethyl adjacent to an activating group) is 1. The highest BCUT2D eigenvalue weighted by molar-refractivity contribution is 4.96. The van der Waals surface area contributed by atoms with Crippen LogP contribution in [-0.2, 0) is 4.74 Å². The van der Waals surface area contributed by atoms with Crippen LogP contribution >= 0.6 is 0 Å². The van der Waals surface area contributed by atoms with E-state index in [4.69, 9.17) is 4.74 Å². The Morgan fingerprint density at radius 2 is 2.27 bits per heavy atom. The van der Waals surface area contributed by atoms with E-state index in [1.54, 1.807) is 0 Å². The number of nitrogens with one attached hydrogen (secondary N) is 1. The minimum absolute atomic E-state index is 0.0639. The smallest absolute Gasteiger partial charge is 0.0614 e. The van der Waals surface area contributed by atoms with Gasteiger partial charge in [0, 0.05) is 12.1 Å². The summed E-state index contributed by atoms with van der Waals surface area (Å²) in [5.74, 6) is 0. The molecule has 3 nitrogen and oxygen atoms in total. The van der Waals surface area contributed by atoms with E-state index in [0.717, 1.165) is 38.8 Å². The topological polar surface area (TPSA) is 41.5 Å². The van der Waals surface area contributed by atoms with Crippen LogP contribution in [0.5, 0.6) is 0 Å². The largest absolute Gasteiger partial charge is 0.394 e. The van der Waals surface area contributed by atoms with Gasteiger partial charge in [-0.3, -0.25) is 0 Å². The average molecular weight is 215 g/mol. The maximum atomic E-state index is 9.42. The highest BCUT2D eigenvalue weighted by atomic mass is 16.5. The van der Waals surface area contributed by atoms with E-state index in [9.17, 15) is 5.11 Å². The molecule has 15 heavy (non-hydrogen) atoms. The van der Waals surface area contributed by atoms with Gasteiger partial charge in [0.05, 0.1) is 12.7 Å². The molecule has 1 fully saturated rings. The van der Waals surface area contributed by atoms with Crippen molar-refractivity contribution >= 4 is 0 Å². The first-order valence-electron chi connectivity index (χ1n) is 6.24. The zero-order chi connectivity index (χ0) is 11.1. The second-order valence-electron chi connectivity index (χ2n) is 4.56. The Labute approximate surface area is 93.2 Å². The second-order valence-corrected chi connectivity index (χ2v) is 4.56. The quantitative estimate of drug-likeness (QED) is 0.635. The fraction of sp³-hybridized carbons (Fsp3) is 1.00. The van der Waals surface area contributed by atoms with E-state index < -0.39 is 0 Å². The van der Waals surface area contributed by atoms with E-state index in [1.807, 2.05) is 0 Å². The molecule has 1 aliphatic rings. The number of ether oxygens (including phenoxy) is 1. The van der Waals surface area contributed by atoms with Gasteiger partial charge in [0.15, 0.2) is 0 Å². The van der Waals surface area contributed by atoms with Crippen LogP contribution in [-0.4, -0.2) is 36.5 Å². The van der Waals surface area contributed by atoms with E-state index in [0.29, 0.717) is 6.10 Å². The molecule has 90 valence electrons. The summed E-state index contributed by atoms with van der Waals surface area (Å²) < 4.78 is 5.80. The molecule has 2 atom stereocenters. The lowest BCUT2D eigenvalue weighted by Crippen LogP contribution is -2.46. The van der Waals surface area contributed by atoms with Gasteiger partial charge < -0.3 is 15.2 Å². The molecule has 0 radical (unpaired) electrons. The van der Waals surface area contributed by atoms with Crippen molar-refractivity contribution in [3.8, 4) is 0 Å². The molecule has 0 amide bonds. The Morgan fingerprint density at radius 1 is 1.47 bits per heavy atom. The average Bonchev–Trinajstić information content (AvgIpc) is 2.64. The summed E-state index contributed by atoms with van der Waals surface area (Å²) in [6.07, 6.45) is 5.75. The summed E-state index contributed by atoms with van der Waals surface area (Å²) in [6, 6.07) is 0. The number of unbranched alkanes of at least 4 members (excludes halogenated alkanes) is 1. The van der Waals surface area contributed by atoms with Gasteiger partial charge in [0.25, 0.3) is 0 Å². The standard InChI is InChI=1S/C12H25NO2/c1-3-5-8-15-11-6-7-12(9-11,10-14)13-4-2/h11,13-14H,3-10H2,1-2H3. The van der Waals surface area contributed by atoms with Gasteiger partial charge in [0.1, 0.15) is 0 Å². The molecule has 2 N–H and O–H groups in total. The summed E-state index contributed by atoms with van der Waals surface area (Å²) in [5, 5.41) is 12.8. The van der Waals surface area contributed by atoms with E-state index in [2.05, 4.69) is 19.2 Å². The molecule has 0 heterocycles. The van der Waals surface area contributed by atoms with Gasteiger partial charge in [-0.1, -0.05) is 20.3 Å². The number of hydrogen-bond donors (Lipinski definition) is 2. The highest BCUT2D eigenvalue weighted by Gasteiger charge is 2.38. The first-order valence-corrected chi connectivity index (χ1v) is 6.24. The predicted molar refractivity (Wildman–Crippen MR) is 62.0 cm³/mol. The Balaban J connectivity index is 2.29. The fourth-order valence-electron chi connectivity index (χ4n) is 2.35. The van der Waals surface area contributed by atoms with Crippen molar-refractivity contribution < 1.29 is 9.84 Å². The van der Waals surface area contributed by atoms with Crippen LogP contribution in [0.15, 0.2) is 0 Å². The van der Waals surface area contributed by atoms with Gasteiger partial charge in [-0.25, -0.2) is 0 Å². The molecule has 3 heteroatoms. The van der Waals surface area contributed by atoms with E-state index >= 15 is 0 Å². The molecule has 0 saturated heterocycles. The van der Waals surface area contributed by atoms with Crippen molar-refractivity contribution in [2.45, 2.75) is 57.6 Å². The van der Waals surface area contributed by atoms with Crippen molar-refractivity contribution in [1.29, 1.82) is 0 Å². The lowest BCUT2D eigenvalue weighted by atomic mass is 9.99. The van der Waals surface area contributed by atoms with Crippen LogP contribution in [0.1, 0.15) is 46.0 Å². The summed E-state index contributed by atoms with van der Waals surface area (Å²) in [4.78, 5) is 0. The van der Waals surface area contributed by atoms with Gasteiger partial charge in [-0.2, -0.15) is 0 Å². The third-order valence-corrected chi connectivity index (χ3v) is 3.27. The van der Waals surface area contributed by atoms with Crippen molar-refractivity contribution in [2.75, 3.05) is 19.8 Å². The molecular formula is C12H25NO2. The zero-order valence-electron chi connectivity index (χ0n) is 10.1. The Bertz CT molecular complexity index is 173. The van der Waals surface area contributed by atoms with Crippen LogP contribution in [0.2, 0.25) is 0 Å². The van der Waals surface area contributed by atoms with Crippen LogP contribution < -0.4 is 5.32 Å². The molecule has 1 aliphatic carbocycles. The maximum absolute atomic E-state index is 9.42. The maximum Gasteiger partial charge on any atom is 0.0614 e. The molecule has 0 bridgehead atoms. The molecule has 0 aromatic rings. The van der Waals surface area contributed by atoms with E-state index in [1.165, 1.54) is 6.42 Å². The molecule has 0 aromatic carbocycles. The monoisotopic (exact) mass is 215 g/mol. The predicted octanol–water partition coefficient (Wildman–Crippen LogP) is 1.70. The highest BCUT2D eigenvalue weighted by Crippen LogP contribution is 2.31. The fourth-order valence-corrected chi connectivity index (χ4v) is 2.35. The number of aliphatic hydroxyl groups excluding tert-OH is 1. The zero-order valence-corrected chi connectivity index (χ0v) is 10.1. The first kappa shape index (κ1) is 12.9. The third-order valence-electron chi connectivity index (χ3n) is 3.27. The van der Waals surface area contributed by atoms with Crippen LogP contribution in [0.4, 0.5) is 0 Å². The van der Waals surface area contributed by atoms with Crippen LogP contribution in [0, 0.1) is 0 Å². The normalized spacial score (nSPS) is 31.0. The Kier molecular flexibility index (Phi) is 5.58. The minimum atomic E-state index is -0.0639. The van der Waals surface area contributed by atoms with Crippen molar-refractivity contribution in [3.05, 3.63) is 0 Å². The lowest BCUT2D eigenvalue weighted by Gasteiger charge is -2.27. The SMILES string of the molecule is CCCCOC1CCC(CO)(NCC)C1. The summed E-state index contributed by atoms with van der Waals surface area (Å²) in [5.41, 5.74) is -0.0639. The van der Waals surface area contributed by atoms with E-state index in [-0.39, 0.29) is 12.1 Å². The number of aliphatic hydroxyl groups is 1. The number of hydrogen-bond acceptors (Lipinski definition) is 3. The molecule has 0 aromatic heterocycles. The summed E-state index contributed by atoms with van der Waals surface area (Å²) in [6.45, 7) is 6.28. The first-order chi connectivity index (χ1) is 7.26.